The van der Waals surface area contributed by atoms with Gasteiger partial charge in [0.1, 0.15) is 11.9 Å². The van der Waals surface area contributed by atoms with Gasteiger partial charge in [-0.15, -0.1) is 0 Å². The minimum Gasteiger partial charge on any atom is -0.480 e. The van der Waals surface area contributed by atoms with Gasteiger partial charge in [-0.05, 0) is 43.5 Å². The van der Waals surface area contributed by atoms with E-state index in [0.717, 1.165) is 16.4 Å². The van der Waals surface area contributed by atoms with E-state index in [1.807, 2.05) is 0 Å². The highest BCUT2D eigenvalue weighted by atomic mass is 32.2. The van der Waals surface area contributed by atoms with Gasteiger partial charge in [-0.3, -0.25) is 9.52 Å². The Morgan fingerprint density at radius 1 is 1.30 bits per heavy atom. The van der Waals surface area contributed by atoms with Gasteiger partial charge in [-0.1, -0.05) is 0 Å². The van der Waals surface area contributed by atoms with E-state index in [1.54, 1.807) is 0 Å². The van der Waals surface area contributed by atoms with Crippen LogP contribution in [0.5, 0.6) is 0 Å². The van der Waals surface area contributed by atoms with Gasteiger partial charge in [0, 0.05) is 12.2 Å². The molecule has 0 spiro atoms. The van der Waals surface area contributed by atoms with Crippen LogP contribution >= 0.6 is 0 Å². The second kappa shape index (κ2) is 5.76. The van der Waals surface area contributed by atoms with Gasteiger partial charge in [-0.25, -0.2) is 4.39 Å². The number of nitrogens with zero attached hydrogens (tertiary/aromatic N) is 1. The second-order valence-electron chi connectivity index (χ2n) is 4.57. The van der Waals surface area contributed by atoms with E-state index in [0.29, 0.717) is 19.3 Å². The molecule has 1 unspecified atom stereocenters. The normalized spacial score (nSPS) is 20.6. The van der Waals surface area contributed by atoms with E-state index >= 15 is 0 Å². The van der Waals surface area contributed by atoms with Gasteiger partial charge >= 0.3 is 16.2 Å². The summed E-state index contributed by atoms with van der Waals surface area (Å²) < 4.78 is 40.4. The zero-order chi connectivity index (χ0) is 14.8. The van der Waals surface area contributed by atoms with Crippen molar-refractivity contribution in [1.29, 1.82) is 0 Å². The largest absolute Gasteiger partial charge is 0.480 e. The van der Waals surface area contributed by atoms with E-state index in [1.165, 1.54) is 12.1 Å². The lowest BCUT2D eigenvalue weighted by Gasteiger charge is -2.31. The summed E-state index contributed by atoms with van der Waals surface area (Å²) in [7, 11) is -3.96. The third kappa shape index (κ3) is 3.26. The Morgan fingerprint density at radius 2 is 1.95 bits per heavy atom. The molecular weight excluding hydrogens is 287 g/mol. The van der Waals surface area contributed by atoms with E-state index in [2.05, 4.69) is 4.72 Å². The molecule has 20 heavy (non-hydrogen) atoms. The lowest BCUT2D eigenvalue weighted by atomic mass is 10.1. The van der Waals surface area contributed by atoms with Crippen LogP contribution in [0.2, 0.25) is 0 Å². The van der Waals surface area contributed by atoms with E-state index in [9.17, 15) is 17.6 Å². The molecule has 1 aliphatic rings. The monoisotopic (exact) mass is 302 g/mol. The number of carbonyl (C=O) groups is 1. The second-order valence-corrected chi connectivity index (χ2v) is 6.20. The average Bonchev–Trinajstić information content (AvgIpc) is 2.41. The first-order valence-electron chi connectivity index (χ1n) is 6.18. The van der Waals surface area contributed by atoms with Gasteiger partial charge < -0.3 is 5.11 Å². The molecule has 1 aliphatic heterocycles. The molecule has 0 aromatic heterocycles. The number of aliphatic carboxylic acids is 1. The number of nitrogens with one attached hydrogen (secondary N) is 1. The minimum atomic E-state index is -3.96. The predicted octanol–water partition coefficient (Wildman–Crippen LogP) is 1.42. The van der Waals surface area contributed by atoms with Crippen molar-refractivity contribution >= 4 is 21.9 Å². The number of halogens is 1. The Balaban J connectivity index is 2.20. The fraction of sp³-hybridized carbons (Fsp3) is 0.417. The van der Waals surface area contributed by atoms with Crippen LogP contribution in [0.25, 0.3) is 0 Å². The number of anilines is 1. The van der Waals surface area contributed by atoms with Crippen molar-refractivity contribution in [3.63, 3.8) is 0 Å². The van der Waals surface area contributed by atoms with Crippen LogP contribution in [-0.4, -0.2) is 36.4 Å². The summed E-state index contributed by atoms with van der Waals surface area (Å²) in [4.78, 5) is 11.1. The van der Waals surface area contributed by atoms with Crippen LogP contribution < -0.4 is 4.72 Å². The molecule has 1 aromatic carbocycles. The Kier molecular flexibility index (Phi) is 4.24. The molecule has 0 amide bonds. The minimum absolute atomic E-state index is 0.160. The van der Waals surface area contributed by atoms with Crippen molar-refractivity contribution < 1.29 is 22.7 Å². The average molecular weight is 302 g/mol. The molecule has 1 atom stereocenters. The summed E-state index contributed by atoms with van der Waals surface area (Å²) in [6.07, 6.45) is 1.59. The summed E-state index contributed by atoms with van der Waals surface area (Å²) in [5.74, 6) is -1.64. The lowest BCUT2D eigenvalue weighted by Crippen LogP contribution is -2.49. The highest BCUT2D eigenvalue weighted by Crippen LogP contribution is 2.22. The topological polar surface area (TPSA) is 86.7 Å². The van der Waals surface area contributed by atoms with Crippen LogP contribution in [0.3, 0.4) is 0 Å². The third-order valence-corrected chi connectivity index (χ3v) is 4.69. The predicted molar refractivity (Wildman–Crippen MR) is 70.9 cm³/mol. The first-order valence-corrected chi connectivity index (χ1v) is 7.62. The zero-order valence-electron chi connectivity index (χ0n) is 10.6. The maximum Gasteiger partial charge on any atom is 0.322 e. The molecule has 0 radical (unpaired) electrons. The molecule has 0 aliphatic carbocycles. The maximum atomic E-state index is 12.8. The van der Waals surface area contributed by atoms with E-state index in [4.69, 9.17) is 5.11 Å². The first kappa shape index (κ1) is 14.7. The Hall–Kier alpha value is -1.67. The van der Waals surface area contributed by atoms with Crippen molar-refractivity contribution in [3.05, 3.63) is 30.1 Å². The highest BCUT2D eigenvalue weighted by Gasteiger charge is 2.36. The Morgan fingerprint density at radius 3 is 2.55 bits per heavy atom. The molecule has 1 saturated heterocycles. The van der Waals surface area contributed by atoms with Gasteiger partial charge in [0.05, 0.1) is 0 Å². The highest BCUT2D eigenvalue weighted by molar-refractivity contribution is 7.90. The van der Waals surface area contributed by atoms with Crippen molar-refractivity contribution in [2.75, 3.05) is 11.3 Å². The van der Waals surface area contributed by atoms with Crippen LogP contribution in [0, 0.1) is 5.82 Å². The van der Waals surface area contributed by atoms with E-state index < -0.39 is 28.0 Å². The summed E-state index contributed by atoms with van der Waals surface area (Å²) in [6, 6.07) is 3.77. The number of hydrogen-bond donors (Lipinski definition) is 2. The van der Waals surface area contributed by atoms with Gasteiger partial charge in [0.2, 0.25) is 0 Å². The number of carboxylic acid groups (broad SMARTS) is 1. The van der Waals surface area contributed by atoms with Crippen LogP contribution in [0.15, 0.2) is 24.3 Å². The number of benzene rings is 1. The lowest BCUT2D eigenvalue weighted by molar-refractivity contribution is -0.142. The molecule has 2 rings (SSSR count). The van der Waals surface area contributed by atoms with Crippen LogP contribution in [-0.2, 0) is 15.0 Å². The number of rotatable bonds is 4. The van der Waals surface area contributed by atoms with Crippen molar-refractivity contribution in [2.45, 2.75) is 25.3 Å². The smallest absolute Gasteiger partial charge is 0.322 e. The van der Waals surface area contributed by atoms with Crippen molar-refractivity contribution in [3.8, 4) is 0 Å². The van der Waals surface area contributed by atoms with Gasteiger partial charge in [0.25, 0.3) is 0 Å². The Labute approximate surface area is 116 Å². The maximum absolute atomic E-state index is 12.8. The van der Waals surface area contributed by atoms with Crippen molar-refractivity contribution in [1.82, 2.24) is 4.31 Å². The van der Waals surface area contributed by atoms with Crippen LogP contribution in [0.4, 0.5) is 10.1 Å². The molecule has 110 valence electrons. The standard InChI is InChI=1S/C12H15FN2O4S/c13-9-4-6-10(7-5-9)14-20(18,19)15-8-2-1-3-11(15)12(16)17/h4-7,11,14H,1-3,8H2,(H,16,17). The summed E-state index contributed by atoms with van der Waals surface area (Å²) in [5.41, 5.74) is 0.195. The summed E-state index contributed by atoms with van der Waals surface area (Å²) in [5, 5.41) is 9.09. The number of piperidine rings is 1. The fourth-order valence-corrected chi connectivity index (χ4v) is 3.62. The molecule has 8 heteroatoms. The third-order valence-electron chi connectivity index (χ3n) is 3.14. The molecule has 1 heterocycles. The molecule has 2 N–H and O–H groups in total. The molecule has 6 nitrogen and oxygen atoms in total. The molecular formula is C12H15FN2O4S. The Bertz CT molecular complexity index is 588. The van der Waals surface area contributed by atoms with E-state index in [-0.39, 0.29) is 12.2 Å². The fourth-order valence-electron chi connectivity index (χ4n) is 2.16. The first-order chi connectivity index (χ1) is 9.40. The van der Waals surface area contributed by atoms with Gasteiger partial charge in [-0.2, -0.15) is 12.7 Å². The molecule has 1 aromatic rings. The number of hydrogen-bond acceptors (Lipinski definition) is 3. The molecule has 0 bridgehead atoms. The molecule has 1 fully saturated rings. The zero-order valence-corrected chi connectivity index (χ0v) is 11.4. The summed E-state index contributed by atoms with van der Waals surface area (Å²) in [6.45, 7) is 0.160. The molecule has 0 saturated carbocycles. The quantitative estimate of drug-likeness (QED) is 0.880. The van der Waals surface area contributed by atoms with Crippen LogP contribution in [0.1, 0.15) is 19.3 Å². The van der Waals surface area contributed by atoms with Crippen molar-refractivity contribution in [2.24, 2.45) is 0 Å². The summed E-state index contributed by atoms with van der Waals surface area (Å²) >= 11 is 0. The van der Waals surface area contributed by atoms with Gasteiger partial charge in [0.15, 0.2) is 0 Å². The SMILES string of the molecule is O=C(O)C1CCCCN1S(=O)(=O)Nc1ccc(F)cc1. The number of carboxylic acids is 1.